The van der Waals surface area contributed by atoms with E-state index in [2.05, 4.69) is 10.1 Å². The van der Waals surface area contributed by atoms with Crippen molar-refractivity contribution in [3.8, 4) is 0 Å². The predicted octanol–water partition coefficient (Wildman–Crippen LogP) is -0.219. The number of carbonyl (C=O) groups is 3. The second-order valence-corrected chi connectivity index (χ2v) is 4.97. The molecule has 0 aromatic rings. The lowest BCUT2D eigenvalue weighted by atomic mass is 9.75. The molecule has 108 valence electrons. The van der Waals surface area contributed by atoms with E-state index < -0.39 is 23.5 Å². The van der Waals surface area contributed by atoms with Gasteiger partial charge in [0.2, 0.25) is 5.91 Å². The highest BCUT2D eigenvalue weighted by atomic mass is 16.5. The van der Waals surface area contributed by atoms with E-state index in [-0.39, 0.29) is 25.2 Å². The third-order valence-corrected chi connectivity index (χ3v) is 3.36. The average Bonchev–Trinajstić information content (AvgIpc) is 2.31. The molecule has 0 unspecified atom stereocenters. The van der Waals surface area contributed by atoms with Crippen LogP contribution >= 0.6 is 0 Å². The zero-order chi connectivity index (χ0) is 14.5. The van der Waals surface area contributed by atoms with Gasteiger partial charge in [-0.25, -0.2) is 4.79 Å². The minimum Gasteiger partial charge on any atom is -0.480 e. The number of amides is 1. The van der Waals surface area contributed by atoms with Crippen molar-refractivity contribution in [2.75, 3.05) is 7.11 Å². The zero-order valence-electron chi connectivity index (χ0n) is 11.0. The average molecular weight is 272 g/mol. The van der Waals surface area contributed by atoms with Gasteiger partial charge in [-0.3, -0.25) is 9.59 Å². The molecular formula is C12H20N2O5. The lowest BCUT2D eigenvalue weighted by Gasteiger charge is -2.37. The highest BCUT2D eigenvalue weighted by Gasteiger charge is 2.35. The molecule has 1 aliphatic rings. The molecule has 1 amide bonds. The summed E-state index contributed by atoms with van der Waals surface area (Å²) in [5, 5.41) is 11.4. The predicted molar refractivity (Wildman–Crippen MR) is 66.2 cm³/mol. The summed E-state index contributed by atoms with van der Waals surface area (Å²) in [7, 11) is 1.23. The Bertz CT molecular complexity index is 365. The van der Waals surface area contributed by atoms with Gasteiger partial charge >= 0.3 is 11.9 Å². The van der Waals surface area contributed by atoms with Gasteiger partial charge in [0.15, 0.2) is 0 Å². The third-order valence-electron chi connectivity index (χ3n) is 3.36. The van der Waals surface area contributed by atoms with Gasteiger partial charge in [0.25, 0.3) is 0 Å². The SMILES string of the molecule is COC(=O)CC[C@@H](NC(=O)CC1(N)CCC1)C(=O)O. The van der Waals surface area contributed by atoms with E-state index in [4.69, 9.17) is 10.8 Å². The van der Waals surface area contributed by atoms with Crippen molar-refractivity contribution in [2.45, 2.75) is 50.1 Å². The fraction of sp³-hybridized carbons (Fsp3) is 0.750. The van der Waals surface area contributed by atoms with Crippen LogP contribution in [0.1, 0.15) is 38.5 Å². The molecule has 4 N–H and O–H groups in total. The molecule has 1 atom stereocenters. The molecule has 1 saturated carbocycles. The second kappa shape index (κ2) is 6.51. The number of carboxylic acid groups (broad SMARTS) is 1. The summed E-state index contributed by atoms with van der Waals surface area (Å²) >= 11 is 0. The first-order chi connectivity index (χ1) is 8.86. The number of aliphatic carboxylic acids is 1. The summed E-state index contributed by atoms with van der Waals surface area (Å²) in [4.78, 5) is 33.7. The van der Waals surface area contributed by atoms with Crippen LogP contribution in [0.5, 0.6) is 0 Å². The number of hydrogen-bond acceptors (Lipinski definition) is 5. The van der Waals surface area contributed by atoms with Crippen LogP contribution in [0.25, 0.3) is 0 Å². The van der Waals surface area contributed by atoms with E-state index in [1.807, 2.05) is 0 Å². The number of methoxy groups -OCH3 is 1. The van der Waals surface area contributed by atoms with Gasteiger partial charge in [0, 0.05) is 18.4 Å². The Morgan fingerprint density at radius 1 is 1.42 bits per heavy atom. The molecule has 0 radical (unpaired) electrons. The maximum atomic E-state index is 11.7. The fourth-order valence-corrected chi connectivity index (χ4v) is 1.99. The van der Waals surface area contributed by atoms with Crippen LogP contribution in [0.2, 0.25) is 0 Å². The molecule has 1 fully saturated rings. The Labute approximate surface area is 111 Å². The Morgan fingerprint density at radius 3 is 2.47 bits per heavy atom. The minimum atomic E-state index is -1.17. The highest BCUT2D eigenvalue weighted by molar-refractivity contribution is 5.84. The molecular weight excluding hydrogens is 252 g/mol. The number of nitrogens with one attached hydrogen (secondary N) is 1. The van der Waals surface area contributed by atoms with Crippen molar-refractivity contribution < 1.29 is 24.2 Å². The molecule has 7 heteroatoms. The number of esters is 1. The third kappa shape index (κ3) is 4.86. The normalized spacial score (nSPS) is 18.0. The second-order valence-electron chi connectivity index (χ2n) is 4.97. The molecule has 0 aromatic carbocycles. The zero-order valence-corrected chi connectivity index (χ0v) is 11.0. The van der Waals surface area contributed by atoms with Crippen LogP contribution in [0.3, 0.4) is 0 Å². The molecule has 1 rings (SSSR count). The summed E-state index contributed by atoms with van der Waals surface area (Å²) < 4.78 is 4.43. The van der Waals surface area contributed by atoms with E-state index in [0.717, 1.165) is 19.3 Å². The lowest BCUT2D eigenvalue weighted by molar-refractivity contribution is -0.144. The number of carbonyl (C=O) groups excluding carboxylic acids is 2. The number of hydrogen-bond donors (Lipinski definition) is 3. The van der Waals surface area contributed by atoms with Crippen molar-refractivity contribution in [3.05, 3.63) is 0 Å². The number of rotatable bonds is 7. The van der Waals surface area contributed by atoms with Crippen LogP contribution in [0, 0.1) is 0 Å². The molecule has 19 heavy (non-hydrogen) atoms. The van der Waals surface area contributed by atoms with E-state index in [1.165, 1.54) is 7.11 Å². The molecule has 0 saturated heterocycles. The highest BCUT2D eigenvalue weighted by Crippen LogP contribution is 2.31. The topological polar surface area (TPSA) is 119 Å². The number of ether oxygens (including phenoxy) is 1. The fourth-order valence-electron chi connectivity index (χ4n) is 1.99. The van der Waals surface area contributed by atoms with Gasteiger partial charge in [0.1, 0.15) is 6.04 Å². The van der Waals surface area contributed by atoms with Crippen molar-refractivity contribution in [1.29, 1.82) is 0 Å². The van der Waals surface area contributed by atoms with Crippen LogP contribution in [-0.2, 0) is 19.1 Å². The Hall–Kier alpha value is -1.63. The first-order valence-corrected chi connectivity index (χ1v) is 6.24. The van der Waals surface area contributed by atoms with Crippen LogP contribution in [-0.4, -0.2) is 41.6 Å². The van der Waals surface area contributed by atoms with E-state index in [0.29, 0.717) is 0 Å². The summed E-state index contributed by atoms with van der Waals surface area (Å²) in [6.45, 7) is 0. The maximum absolute atomic E-state index is 11.7. The summed E-state index contributed by atoms with van der Waals surface area (Å²) in [6.07, 6.45) is 2.62. The quantitative estimate of drug-likeness (QED) is 0.551. The van der Waals surface area contributed by atoms with Crippen molar-refractivity contribution in [2.24, 2.45) is 5.73 Å². The summed E-state index contributed by atoms with van der Waals surface area (Å²) in [5.74, 6) is -2.06. The van der Waals surface area contributed by atoms with Gasteiger partial charge in [-0.05, 0) is 25.7 Å². The molecule has 7 nitrogen and oxygen atoms in total. The van der Waals surface area contributed by atoms with Crippen molar-refractivity contribution >= 4 is 17.8 Å². The first kappa shape index (κ1) is 15.4. The van der Waals surface area contributed by atoms with E-state index in [9.17, 15) is 14.4 Å². The Morgan fingerprint density at radius 2 is 2.05 bits per heavy atom. The molecule has 0 bridgehead atoms. The van der Waals surface area contributed by atoms with Crippen LogP contribution < -0.4 is 11.1 Å². The lowest BCUT2D eigenvalue weighted by Crippen LogP contribution is -2.52. The van der Waals surface area contributed by atoms with Crippen molar-refractivity contribution in [1.82, 2.24) is 5.32 Å². The molecule has 0 aromatic heterocycles. The van der Waals surface area contributed by atoms with Gasteiger partial charge in [0.05, 0.1) is 7.11 Å². The molecule has 0 aliphatic heterocycles. The maximum Gasteiger partial charge on any atom is 0.326 e. The molecule has 1 aliphatic carbocycles. The van der Waals surface area contributed by atoms with E-state index in [1.54, 1.807) is 0 Å². The number of carboxylic acids is 1. The van der Waals surface area contributed by atoms with Crippen LogP contribution in [0.4, 0.5) is 0 Å². The van der Waals surface area contributed by atoms with Crippen molar-refractivity contribution in [3.63, 3.8) is 0 Å². The monoisotopic (exact) mass is 272 g/mol. The minimum absolute atomic E-state index is 0.00528. The van der Waals surface area contributed by atoms with E-state index >= 15 is 0 Å². The Kier molecular flexibility index (Phi) is 5.29. The van der Waals surface area contributed by atoms with Gasteiger partial charge < -0.3 is 20.9 Å². The smallest absolute Gasteiger partial charge is 0.326 e. The molecule has 0 heterocycles. The summed E-state index contributed by atoms with van der Waals surface area (Å²) in [6, 6.07) is -1.09. The largest absolute Gasteiger partial charge is 0.480 e. The standard InChI is InChI=1S/C12H20N2O5/c1-19-10(16)4-3-8(11(17)18)14-9(15)7-12(13)5-2-6-12/h8H,2-7,13H2,1H3,(H,14,15)(H,17,18)/t8-/m1/s1. The Balaban J connectivity index is 2.41. The number of nitrogens with two attached hydrogens (primary N) is 1. The van der Waals surface area contributed by atoms with Gasteiger partial charge in [-0.1, -0.05) is 0 Å². The van der Waals surface area contributed by atoms with Gasteiger partial charge in [-0.15, -0.1) is 0 Å². The first-order valence-electron chi connectivity index (χ1n) is 6.24. The van der Waals surface area contributed by atoms with Gasteiger partial charge in [-0.2, -0.15) is 0 Å². The molecule has 0 spiro atoms. The van der Waals surface area contributed by atoms with Crippen LogP contribution in [0.15, 0.2) is 0 Å². The summed E-state index contributed by atoms with van der Waals surface area (Å²) in [5.41, 5.74) is 5.43.